The Kier molecular flexibility index (Phi) is 2.93. The van der Waals surface area contributed by atoms with Crippen LogP contribution in [0, 0.1) is 17.8 Å². The number of hydrogen-bond donors (Lipinski definition) is 2. The van der Waals surface area contributed by atoms with Gasteiger partial charge < -0.3 is 0 Å². The molecular formula is C12H22N2. The third-order valence-corrected chi connectivity index (χ3v) is 4.16. The van der Waals surface area contributed by atoms with E-state index in [9.17, 15) is 0 Å². The highest BCUT2D eigenvalue weighted by Crippen LogP contribution is 2.59. The highest BCUT2D eigenvalue weighted by Gasteiger charge is 2.55. The largest absolute Gasteiger partial charge is 0.271 e. The van der Waals surface area contributed by atoms with Crippen LogP contribution in [0.1, 0.15) is 39.0 Å². The van der Waals surface area contributed by atoms with Gasteiger partial charge in [0, 0.05) is 6.04 Å². The van der Waals surface area contributed by atoms with E-state index in [0.29, 0.717) is 6.04 Å². The molecule has 0 spiro atoms. The van der Waals surface area contributed by atoms with Crippen molar-refractivity contribution in [1.29, 1.82) is 0 Å². The predicted octanol–water partition coefficient (Wildman–Crippen LogP) is 2.22. The van der Waals surface area contributed by atoms with E-state index in [4.69, 9.17) is 5.84 Å². The molecule has 14 heavy (non-hydrogen) atoms. The lowest BCUT2D eigenvalue weighted by Gasteiger charge is -2.18. The molecule has 2 saturated carbocycles. The average molecular weight is 194 g/mol. The van der Waals surface area contributed by atoms with Crippen LogP contribution in [0.5, 0.6) is 0 Å². The van der Waals surface area contributed by atoms with Crippen molar-refractivity contribution in [2.24, 2.45) is 23.6 Å². The minimum absolute atomic E-state index is 0.498. The normalized spacial score (nSPS) is 36.6. The lowest BCUT2D eigenvalue weighted by Crippen LogP contribution is -2.38. The third-order valence-electron chi connectivity index (χ3n) is 4.16. The Bertz CT molecular complexity index is 214. The van der Waals surface area contributed by atoms with Crippen LogP contribution in [0.4, 0.5) is 0 Å². The molecule has 2 fully saturated rings. The fourth-order valence-corrected chi connectivity index (χ4v) is 3.24. The van der Waals surface area contributed by atoms with Gasteiger partial charge in [0.1, 0.15) is 0 Å². The van der Waals surface area contributed by atoms with Crippen molar-refractivity contribution in [2.75, 3.05) is 0 Å². The fraction of sp³-hybridized carbons (Fsp3) is 0.833. The van der Waals surface area contributed by atoms with Gasteiger partial charge in [0.05, 0.1) is 0 Å². The molecule has 0 aromatic carbocycles. The van der Waals surface area contributed by atoms with Gasteiger partial charge in [-0.05, 0) is 43.4 Å². The Hall–Kier alpha value is -0.340. The van der Waals surface area contributed by atoms with Crippen molar-refractivity contribution in [1.82, 2.24) is 5.43 Å². The Morgan fingerprint density at radius 1 is 1.50 bits per heavy atom. The topological polar surface area (TPSA) is 38.0 Å². The maximum absolute atomic E-state index is 5.63. The Morgan fingerprint density at radius 3 is 2.64 bits per heavy atom. The number of rotatable bonds is 5. The van der Waals surface area contributed by atoms with E-state index < -0.39 is 0 Å². The molecule has 0 aliphatic heterocycles. The summed E-state index contributed by atoms with van der Waals surface area (Å²) >= 11 is 0. The summed E-state index contributed by atoms with van der Waals surface area (Å²) in [6, 6.07) is 0.498. The second-order valence-corrected chi connectivity index (χ2v) is 4.92. The van der Waals surface area contributed by atoms with E-state index >= 15 is 0 Å². The summed E-state index contributed by atoms with van der Waals surface area (Å²) in [6.07, 6.45) is 6.47. The summed E-state index contributed by atoms with van der Waals surface area (Å²) in [6.45, 7) is 6.24. The zero-order chi connectivity index (χ0) is 10.1. The molecule has 2 nitrogen and oxygen atoms in total. The molecule has 2 aliphatic rings. The monoisotopic (exact) mass is 194 g/mol. The standard InChI is InChI=1S/C12H22N2/c1-3-8(2)7-11(14-13)12-9-5-4-6-10(9)12/h9-12,14H,2-7,13H2,1H3. The fourth-order valence-electron chi connectivity index (χ4n) is 3.24. The summed E-state index contributed by atoms with van der Waals surface area (Å²) in [4.78, 5) is 0. The molecule has 0 radical (unpaired) electrons. The van der Waals surface area contributed by atoms with Crippen LogP contribution in [0.25, 0.3) is 0 Å². The number of nitrogens with two attached hydrogens (primary N) is 1. The van der Waals surface area contributed by atoms with Gasteiger partial charge in [-0.15, -0.1) is 0 Å². The number of nitrogens with one attached hydrogen (secondary N) is 1. The first-order valence-electron chi connectivity index (χ1n) is 5.90. The maximum Gasteiger partial charge on any atom is 0.0281 e. The minimum atomic E-state index is 0.498. The van der Waals surface area contributed by atoms with Crippen molar-refractivity contribution >= 4 is 0 Å². The van der Waals surface area contributed by atoms with E-state index in [1.807, 2.05) is 0 Å². The van der Waals surface area contributed by atoms with Crippen LogP contribution in [0.2, 0.25) is 0 Å². The number of hydrazine groups is 1. The van der Waals surface area contributed by atoms with Gasteiger partial charge in [0.25, 0.3) is 0 Å². The molecule has 3 unspecified atom stereocenters. The zero-order valence-electron chi connectivity index (χ0n) is 9.13. The van der Waals surface area contributed by atoms with Crippen LogP contribution in [-0.2, 0) is 0 Å². The second kappa shape index (κ2) is 4.03. The Balaban J connectivity index is 1.85. The smallest absolute Gasteiger partial charge is 0.0281 e. The second-order valence-electron chi connectivity index (χ2n) is 4.92. The summed E-state index contributed by atoms with van der Waals surface area (Å²) < 4.78 is 0. The first kappa shape index (κ1) is 10.2. The molecule has 2 aliphatic carbocycles. The van der Waals surface area contributed by atoms with E-state index in [0.717, 1.165) is 30.6 Å². The van der Waals surface area contributed by atoms with Gasteiger partial charge in [0.2, 0.25) is 0 Å². The Morgan fingerprint density at radius 2 is 2.14 bits per heavy atom. The molecule has 2 heteroatoms. The van der Waals surface area contributed by atoms with Gasteiger partial charge >= 0.3 is 0 Å². The molecule has 80 valence electrons. The van der Waals surface area contributed by atoms with Crippen LogP contribution in [0.3, 0.4) is 0 Å². The molecule has 0 aromatic heterocycles. The molecule has 0 amide bonds. The third kappa shape index (κ3) is 1.73. The van der Waals surface area contributed by atoms with E-state index in [1.165, 1.54) is 24.8 Å². The molecule has 0 heterocycles. The van der Waals surface area contributed by atoms with Crippen LogP contribution in [0.15, 0.2) is 12.2 Å². The number of hydrogen-bond acceptors (Lipinski definition) is 2. The average Bonchev–Trinajstić information content (AvgIpc) is 2.69. The maximum atomic E-state index is 5.63. The van der Waals surface area contributed by atoms with Gasteiger partial charge in [0.15, 0.2) is 0 Å². The van der Waals surface area contributed by atoms with Crippen molar-refractivity contribution < 1.29 is 0 Å². The molecule has 3 N–H and O–H groups in total. The van der Waals surface area contributed by atoms with Gasteiger partial charge in [-0.3, -0.25) is 11.3 Å². The van der Waals surface area contributed by atoms with E-state index in [2.05, 4.69) is 18.9 Å². The highest BCUT2D eigenvalue weighted by atomic mass is 15.2. The van der Waals surface area contributed by atoms with Crippen molar-refractivity contribution in [2.45, 2.75) is 45.1 Å². The van der Waals surface area contributed by atoms with Gasteiger partial charge in [-0.2, -0.15) is 0 Å². The summed E-state index contributed by atoms with van der Waals surface area (Å²) in [5.74, 6) is 8.46. The molecular weight excluding hydrogens is 172 g/mol. The quantitative estimate of drug-likeness (QED) is 0.400. The van der Waals surface area contributed by atoms with Gasteiger partial charge in [-0.25, -0.2) is 0 Å². The minimum Gasteiger partial charge on any atom is -0.271 e. The highest BCUT2D eigenvalue weighted by molar-refractivity contribution is 5.09. The van der Waals surface area contributed by atoms with Crippen molar-refractivity contribution in [3.63, 3.8) is 0 Å². The van der Waals surface area contributed by atoms with E-state index in [-0.39, 0.29) is 0 Å². The van der Waals surface area contributed by atoms with Crippen LogP contribution >= 0.6 is 0 Å². The lowest BCUT2D eigenvalue weighted by molar-refractivity contribution is 0.407. The summed E-state index contributed by atoms with van der Waals surface area (Å²) in [5, 5.41) is 0. The van der Waals surface area contributed by atoms with Crippen molar-refractivity contribution in [3.8, 4) is 0 Å². The molecule has 0 saturated heterocycles. The van der Waals surface area contributed by atoms with E-state index in [1.54, 1.807) is 0 Å². The molecule has 3 atom stereocenters. The van der Waals surface area contributed by atoms with Crippen LogP contribution < -0.4 is 11.3 Å². The molecule has 2 rings (SSSR count). The van der Waals surface area contributed by atoms with Crippen LogP contribution in [-0.4, -0.2) is 6.04 Å². The summed E-state index contributed by atoms with van der Waals surface area (Å²) in [5.41, 5.74) is 4.33. The lowest BCUT2D eigenvalue weighted by atomic mass is 9.97. The van der Waals surface area contributed by atoms with Gasteiger partial charge in [-0.1, -0.05) is 25.5 Å². The Labute approximate surface area is 86.9 Å². The molecule has 0 aromatic rings. The summed E-state index contributed by atoms with van der Waals surface area (Å²) in [7, 11) is 0. The first-order valence-corrected chi connectivity index (χ1v) is 5.90. The zero-order valence-corrected chi connectivity index (χ0v) is 9.13. The molecule has 0 bridgehead atoms. The predicted molar refractivity (Wildman–Crippen MR) is 59.5 cm³/mol. The SMILES string of the molecule is C=C(CC)CC(NN)C1C2CCCC21. The first-order chi connectivity index (χ1) is 6.77. The number of fused-ring (bicyclic) bond motifs is 1. The van der Waals surface area contributed by atoms with Crippen molar-refractivity contribution in [3.05, 3.63) is 12.2 Å².